The van der Waals surface area contributed by atoms with E-state index in [-0.39, 0.29) is 11.1 Å². The summed E-state index contributed by atoms with van der Waals surface area (Å²) < 4.78 is 49.5. The minimum Gasteiger partial charge on any atom is -0.483 e. The number of sulfonamides is 1. The smallest absolute Gasteiger partial charge is 0.214 e. The summed E-state index contributed by atoms with van der Waals surface area (Å²) in [7, 11) is -3.39. The lowest BCUT2D eigenvalue weighted by Crippen LogP contribution is -2.40. The highest BCUT2D eigenvalue weighted by Crippen LogP contribution is 2.34. The monoisotopic (exact) mass is 465 g/mol. The number of hydrogen-bond donors (Lipinski definition) is 1. The molecule has 1 fully saturated rings. The molecule has 0 unspecified atom stereocenters. The van der Waals surface area contributed by atoms with Gasteiger partial charge in [-0.05, 0) is 61.7 Å². The SMILES string of the molecule is C[C@H](NS(=O)(=O)C1CC1)[C@H](Oc1cccc2c1cnn2-c1ccc(F)cc1)c1ccccc1. The van der Waals surface area contributed by atoms with Crippen LogP contribution in [0.15, 0.2) is 79.0 Å². The van der Waals surface area contributed by atoms with Crippen LogP contribution in [0.3, 0.4) is 0 Å². The maximum Gasteiger partial charge on any atom is 0.214 e. The standard InChI is InChI=1S/C25H24FN3O3S/c1-17(28-33(30,31)21-14-15-21)25(18-6-3-2-4-7-18)32-24-9-5-8-23-22(24)16-27-29(23)20-12-10-19(26)11-13-20/h2-13,16-17,21,25,28H,14-15H2,1H3/t17-,25-/m0/s1. The molecule has 6 nitrogen and oxygen atoms in total. The Labute approximate surface area is 192 Å². The first kappa shape index (κ1) is 21.6. The molecule has 0 amide bonds. The lowest BCUT2D eigenvalue weighted by atomic mass is 10.0. The number of ether oxygens (including phenoxy) is 1. The highest BCUT2D eigenvalue weighted by Gasteiger charge is 2.38. The Bertz CT molecular complexity index is 1370. The molecule has 1 N–H and O–H groups in total. The maximum absolute atomic E-state index is 13.4. The fourth-order valence-electron chi connectivity index (χ4n) is 3.95. The first-order chi connectivity index (χ1) is 15.9. The number of nitrogens with one attached hydrogen (secondary N) is 1. The molecule has 1 saturated carbocycles. The molecular formula is C25H24FN3O3S. The van der Waals surface area contributed by atoms with Gasteiger partial charge >= 0.3 is 0 Å². The summed E-state index contributed by atoms with van der Waals surface area (Å²) in [5.41, 5.74) is 2.40. The van der Waals surface area contributed by atoms with E-state index in [0.717, 1.165) is 22.2 Å². The second-order valence-electron chi connectivity index (χ2n) is 8.32. The van der Waals surface area contributed by atoms with Gasteiger partial charge in [-0.2, -0.15) is 5.10 Å². The Balaban J connectivity index is 1.50. The zero-order chi connectivity index (χ0) is 23.0. The van der Waals surface area contributed by atoms with Crippen LogP contribution in [0.2, 0.25) is 0 Å². The van der Waals surface area contributed by atoms with E-state index >= 15 is 0 Å². The molecule has 0 bridgehead atoms. The summed E-state index contributed by atoms with van der Waals surface area (Å²) in [6.45, 7) is 1.82. The van der Waals surface area contributed by atoms with Crippen LogP contribution in [0.5, 0.6) is 5.75 Å². The maximum atomic E-state index is 13.4. The van der Waals surface area contributed by atoms with Crippen molar-refractivity contribution in [3.05, 3.63) is 90.4 Å². The molecule has 1 heterocycles. The lowest BCUT2D eigenvalue weighted by molar-refractivity contribution is 0.175. The second kappa shape index (κ2) is 8.61. The van der Waals surface area contributed by atoms with Crippen LogP contribution < -0.4 is 9.46 Å². The molecule has 1 aliphatic carbocycles. The molecule has 0 spiro atoms. The van der Waals surface area contributed by atoms with Crippen molar-refractivity contribution in [2.24, 2.45) is 0 Å². The lowest BCUT2D eigenvalue weighted by Gasteiger charge is -2.26. The van der Waals surface area contributed by atoms with Crippen molar-refractivity contribution < 1.29 is 17.5 Å². The number of halogens is 1. The second-order valence-corrected chi connectivity index (χ2v) is 10.3. The van der Waals surface area contributed by atoms with E-state index in [0.29, 0.717) is 18.6 Å². The minimum absolute atomic E-state index is 0.311. The van der Waals surface area contributed by atoms with Crippen molar-refractivity contribution in [2.45, 2.75) is 37.2 Å². The van der Waals surface area contributed by atoms with Crippen LogP contribution >= 0.6 is 0 Å². The number of fused-ring (bicyclic) bond motifs is 1. The number of nitrogens with zero attached hydrogens (tertiary/aromatic N) is 2. The molecule has 0 aliphatic heterocycles. The molecule has 0 saturated heterocycles. The third kappa shape index (κ3) is 4.49. The molecule has 1 aliphatic rings. The van der Waals surface area contributed by atoms with Crippen molar-refractivity contribution in [2.75, 3.05) is 0 Å². The average molecular weight is 466 g/mol. The molecular weight excluding hydrogens is 441 g/mol. The summed E-state index contributed by atoms with van der Waals surface area (Å²) >= 11 is 0. The van der Waals surface area contributed by atoms with E-state index in [1.807, 2.05) is 55.5 Å². The third-order valence-corrected chi connectivity index (χ3v) is 7.84. The number of aromatic nitrogens is 2. The van der Waals surface area contributed by atoms with Crippen molar-refractivity contribution >= 4 is 20.9 Å². The summed E-state index contributed by atoms with van der Waals surface area (Å²) in [5.74, 6) is 0.278. The largest absolute Gasteiger partial charge is 0.483 e. The highest BCUT2D eigenvalue weighted by atomic mass is 32.2. The summed E-state index contributed by atoms with van der Waals surface area (Å²) in [6, 6.07) is 20.8. The van der Waals surface area contributed by atoms with Crippen LogP contribution in [0, 0.1) is 5.82 Å². The van der Waals surface area contributed by atoms with Gasteiger partial charge in [0.25, 0.3) is 0 Å². The van der Waals surface area contributed by atoms with Crippen molar-refractivity contribution in [3.63, 3.8) is 0 Å². The molecule has 170 valence electrons. The Hall–Kier alpha value is -3.23. The van der Waals surface area contributed by atoms with Gasteiger partial charge < -0.3 is 4.74 Å². The van der Waals surface area contributed by atoms with Crippen molar-refractivity contribution in [3.8, 4) is 11.4 Å². The van der Waals surface area contributed by atoms with Crippen molar-refractivity contribution in [1.82, 2.24) is 14.5 Å². The summed E-state index contributed by atoms with van der Waals surface area (Å²) in [6.07, 6.45) is 2.55. The average Bonchev–Trinajstić information content (AvgIpc) is 3.59. The Morgan fingerprint density at radius 2 is 1.76 bits per heavy atom. The molecule has 8 heteroatoms. The van der Waals surface area contributed by atoms with Gasteiger partial charge in [0.2, 0.25) is 10.0 Å². The van der Waals surface area contributed by atoms with Crippen LogP contribution in [0.4, 0.5) is 4.39 Å². The predicted molar refractivity (Wildman–Crippen MR) is 125 cm³/mol. The zero-order valence-electron chi connectivity index (χ0n) is 18.1. The molecule has 1 aromatic heterocycles. The van der Waals surface area contributed by atoms with E-state index in [9.17, 15) is 12.8 Å². The third-order valence-electron chi connectivity index (χ3n) is 5.79. The van der Waals surface area contributed by atoms with Crippen LogP contribution in [0.1, 0.15) is 31.4 Å². The van der Waals surface area contributed by atoms with Gasteiger partial charge in [-0.15, -0.1) is 0 Å². The van der Waals surface area contributed by atoms with Crippen LogP contribution in [-0.4, -0.2) is 29.5 Å². The Kier molecular flexibility index (Phi) is 5.64. The Morgan fingerprint density at radius 1 is 1.03 bits per heavy atom. The molecule has 4 aromatic rings. The highest BCUT2D eigenvalue weighted by molar-refractivity contribution is 7.90. The summed E-state index contributed by atoms with van der Waals surface area (Å²) in [5, 5.41) is 4.94. The molecule has 2 atom stereocenters. The van der Waals surface area contributed by atoms with Gasteiger partial charge in [0.1, 0.15) is 17.7 Å². The first-order valence-corrected chi connectivity index (χ1v) is 12.4. The van der Waals surface area contributed by atoms with Gasteiger partial charge in [0.15, 0.2) is 0 Å². The normalized spacial score (nSPS) is 15.9. The minimum atomic E-state index is -3.39. The van der Waals surface area contributed by atoms with Crippen molar-refractivity contribution in [1.29, 1.82) is 0 Å². The van der Waals surface area contributed by atoms with E-state index in [1.54, 1.807) is 23.0 Å². The van der Waals surface area contributed by atoms with E-state index in [4.69, 9.17) is 4.74 Å². The van der Waals surface area contributed by atoms with Crippen LogP contribution in [0.25, 0.3) is 16.6 Å². The predicted octanol–water partition coefficient (Wildman–Crippen LogP) is 4.76. The fourth-order valence-corrected chi connectivity index (χ4v) is 5.54. The van der Waals surface area contributed by atoms with E-state index in [1.165, 1.54) is 12.1 Å². The van der Waals surface area contributed by atoms with Gasteiger partial charge in [0, 0.05) is 0 Å². The quantitative estimate of drug-likeness (QED) is 0.407. The summed E-state index contributed by atoms with van der Waals surface area (Å²) in [4.78, 5) is 0. The first-order valence-electron chi connectivity index (χ1n) is 10.9. The molecule has 33 heavy (non-hydrogen) atoms. The van der Waals surface area contributed by atoms with Gasteiger partial charge in [-0.25, -0.2) is 22.2 Å². The van der Waals surface area contributed by atoms with E-state index in [2.05, 4.69) is 9.82 Å². The van der Waals surface area contributed by atoms with Gasteiger partial charge in [-0.1, -0.05) is 36.4 Å². The fraction of sp³-hybridized carbons (Fsp3) is 0.240. The molecule has 3 aromatic carbocycles. The Morgan fingerprint density at radius 3 is 2.45 bits per heavy atom. The van der Waals surface area contributed by atoms with Crippen LogP contribution in [-0.2, 0) is 10.0 Å². The molecule has 0 radical (unpaired) electrons. The number of hydrogen-bond acceptors (Lipinski definition) is 4. The number of benzene rings is 3. The van der Waals surface area contributed by atoms with Gasteiger partial charge in [0.05, 0.1) is 34.1 Å². The molecule has 5 rings (SSSR count). The van der Waals surface area contributed by atoms with E-state index < -0.39 is 22.2 Å². The van der Waals surface area contributed by atoms with Gasteiger partial charge in [-0.3, -0.25) is 0 Å². The zero-order valence-corrected chi connectivity index (χ0v) is 18.9. The topological polar surface area (TPSA) is 73.2 Å². The number of rotatable bonds is 8.